The van der Waals surface area contributed by atoms with Crippen LogP contribution in [0.15, 0.2) is 53.3 Å². The molecule has 5 nitrogen and oxygen atoms in total. The average Bonchev–Trinajstić information content (AvgIpc) is 3.02. The molecule has 1 amide bonds. The van der Waals surface area contributed by atoms with Crippen LogP contribution in [0.4, 0.5) is 5.69 Å². The van der Waals surface area contributed by atoms with E-state index in [9.17, 15) is 4.79 Å². The molecule has 0 saturated carbocycles. The molecule has 2 heterocycles. The first-order valence-electron chi connectivity index (χ1n) is 6.67. The molecule has 3 rings (SSSR count). The molecule has 110 valence electrons. The number of carbonyl (C=O) groups excluding carboxylic acids is 1. The predicted molar refractivity (Wildman–Crippen MR) is 88.7 cm³/mol. The number of rotatable bonds is 3. The van der Waals surface area contributed by atoms with Gasteiger partial charge in [-0.05, 0) is 48.9 Å². The van der Waals surface area contributed by atoms with Crippen molar-refractivity contribution in [3.8, 4) is 11.3 Å². The van der Waals surface area contributed by atoms with Crippen molar-refractivity contribution in [3.05, 3.63) is 64.5 Å². The zero-order valence-corrected chi connectivity index (χ0v) is 13.4. The zero-order valence-electron chi connectivity index (χ0n) is 11.8. The number of halogens is 1. The van der Waals surface area contributed by atoms with Crippen molar-refractivity contribution in [1.82, 2.24) is 15.2 Å². The van der Waals surface area contributed by atoms with Crippen molar-refractivity contribution in [3.63, 3.8) is 0 Å². The number of carbonyl (C=O) groups is 1. The first-order valence-corrected chi connectivity index (χ1v) is 7.46. The number of nitrogens with zero attached hydrogens (tertiary/aromatic N) is 2. The first kappa shape index (κ1) is 14.5. The number of H-pyrrole nitrogens is 1. The zero-order chi connectivity index (χ0) is 15.5. The van der Waals surface area contributed by atoms with Gasteiger partial charge < -0.3 is 5.32 Å². The molecule has 2 N–H and O–H groups in total. The third kappa shape index (κ3) is 3.07. The standard InChI is InChI=1S/C16H13BrN4O/c1-10-8-12(2-3-13(10)17)19-16(22)15-9-14(20-21-15)11-4-6-18-7-5-11/h2-9H,1H3,(H,19,22)(H,20,21). The van der Waals surface area contributed by atoms with Gasteiger partial charge in [0.1, 0.15) is 5.69 Å². The second-order valence-corrected chi connectivity index (χ2v) is 5.68. The highest BCUT2D eigenvalue weighted by molar-refractivity contribution is 9.10. The smallest absolute Gasteiger partial charge is 0.273 e. The summed E-state index contributed by atoms with van der Waals surface area (Å²) in [6.45, 7) is 1.97. The molecule has 0 fully saturated rings. The lowest BCUT2D eigenvalue weighted by Gasteiger charge is -2.05. The van der Waals surface area contributed by atoms with Crippen molar-refractivity contribution in [2.75, 3.05) is 5.32 Å². The van der Waals surface area contributed by atoms with Crippen LogP contribution in [0, 0.1) is 6.92 Å². The highest BCUT2D eigenvalue weighted by Gasteiger charge is 2.11. The van der Waals surface area contributed by atoms with Gasteiger partial charge in [-0.2, -0.15) is 5.10 Å². The van der Waals surface area contributed by atoms with Gasteiger partial charge in [-0.15, -0.1) is 0 Å². The number of aromatic amines is 1. The summed E-state index contributed by atoms with van der Waals surface area (Å²) >= 11 is 3.44. The van der Waals surface area contributed by atoms with Gasteiger partial charge in [0.25, 0.3) is 5.91 Å². The number of hydrogen-bond donors (Lipinski definition) is 2. The van der Waals surface area contributed by atoms with Crippen LogP contribution in [-0.2, 0) is 0 Å². The van der Waals surface area contributed by atoms with Gasteiger partial charge in [-0.3, -0.25) is 14.9 Å². The lowest BCUT2D eigenvalue weighted by atomic mass is 10.2. The van der Waals surface area contributed by atoms with Crippen LogP contribution in [0.2, 0.25) is 0 Å². The molecule has 22 heavy (non-hydrogen) atoms. The summed E-state index contributed by atoms with van der Waals surface area (Å²) in [4.78, 5) is 16.2. The van der Waals surface area contributed by atoms with Crippen LogP contribution in [-0.4, -0.2) is 21.1 Å². The Hall–Kier alpha value is -2.47. The maximum absolute atomic E-state index is 12.2. The number of hydrogen-bond acceptors (Lipinski definition) is 3. The Morgan fingerprint density at radius 1 is 1.18 bits per heavy atom. The number of aryl methyl sites for hydroxylation is 1. The van der Waals surface area contributed by atoms with Crippen LogP contribution in [0.1, 0.15) is 16.1 Å². The van der Waals surface area contributed by atoms with Crippen LogP contribution < -0.4 is 5.32 Å². The molecule has 0 aliphatic rings. The van der Waals surface area contributed by atoms with E-state index in [1.807, 2.05) is 37.3 Å². The van der Waals surface area contributed by atoms with Crippen molar-refractivity contribution < 1.29 is 4.79 Å². The maximum Gasteiger partial charge on any atom is 0.273 e. The third-order valence-electron chi connectivity index (χ3n) is 3.21. The van der Waals surface area contributed by atoms with E-state index < -0.39 is 0 Å². The minimum Gasteiger partial charge on any atom is -0.321 e. The molecule has 0 saturated heterocycles. The number of nitrogens with one attached hydrogen (secondary N) is 2. The van der Waals surface area contributed by atoms with E-state index in [-0.39, 0.29) is 5.91 Å². The Morgan fingerprint density at radius 3 is 2.68 bits per heavy atom. The summed E-state index contributed by atoms with van der Waals surface area (Å²) in [5.74, 6) is -0.227. The van der Waals surface area contributed by atoms with E-state index in [0.29, 0.717) is 11.4 Å². The largest absolute Gasteiger partial charge is 0.321 e. The minimum absolute atomic E-state index is 0.227. The maximum atomic E-state index is 12.2. The fourth-order valence-corrected chi connectivity index (χ4v) is 2.28. The van der Waals surface area contributed by atoms with Crippen molar-refractivity contribution in [2.45, 2.75) is 6.92 Å². The molecule has 0 aliphatic carbocycles. The Morgan fingerprint density at radius 2 is 1.95 bits per heavy atom. The van der Waals surface area contributed by atoms with Crippen LogP contribution in [0.25, 0.3) is 11.3 Å². The molecule has 0 unspecified atom stereocenters. The number of anilines is 1. The van der Waals surface area contributed by atoms with E-state index in [0.717, 1.165) is 21.3 Å². The number of benzene rings is 1. The number of aromatic nitrogens is 3. The molecule has 3 aromatic rings. The Balaban J connectivity index is 1.78. The molecule has 0 radical (unpaired) electrons. The molecule has 1 aromatic carbocycles. The van der Waals surface area contributed by atoms with Crippen molar-refractivity contribution in [2.24, 2.45) is 0 Å². The number of pyridine rings is 1. The normalized spacial score (nSPS) is 10.5. The summed E-state index contributed by atoms with van der Waals surface area (Å²) in [5, 5.41) is 9.77. The molecule has 0 atom stereocenters. The summed E-state index contributed by atoms with van der Waals surface area (Å²) in [6.07, 6.45) is 3.38. The van der Waals surface area contributed by atoms with Crippen molar-refractivity contribution >= 4 is 27.5 Å². The van der Waals surface area contributed by atoms with E-state index in [4.69, 9.17) is 0 Å². The molecular formula is C16H13BrN4O. The minimum atomic E-state index is -0.227. The fourth-order valence-electron chi connectivity index (χ4n) is 2.03. The van der Waals surface area contributed by atoms with Gasteiger partial charge in [-0.1, -0.05) is 15.9 Å². The van der Waals surface area contributed by atoms with Gasteiger partial charge in [-0.25, -0.2) is 0 Å². The molecule has 2 aromatic heterocycles. The fraction of sp³-hybridized carbons (Fsp3) is 0.0625. The predicted octanol–water partition coefficient (Wildman–Crippen LogP) is 3.79. The summed E-state index contributed by atoms with van der Waals surface area (Å²) < 4.78 is 1.01. The van der Waals surface area contributed by atoms with E-state index in [2.05, 4.69) is 36.4 Å². The van der Waals surface area contributed by atoms with Crippen LogP contribution in [0.5, 0.6) is 0 Å². The molecule has 0 bridgehead atoms. The molecule has 0 aliphatic heterocycles. The van der Waals surface area contributed by atoms with Gasteiger partial charge in [0.2, 0.25) is 0 Å². The van der Waals surface area contributed by atoms with E-state index in [1.165, 1.54) is 0 Å². The Labute approximate surface area is 135 Å². The van der Waals surface area contributed by atoms with Gasteiger partial charge >= 0.3 is 0 Å². The third-order valence-corrected chi connectivity index (χ3v) is 4.10. The SMILES string of the molecule is Cc1cc(NC(=O)c2cc(-c3ccncc3)n[nH]2)ccc1Br. The topological polar surface area (TPSA) is 70.7 Å². The second kappa shape index (κ2) is 6.11. The lowest BCUT2D eigenvalue weighted by Crippen LogP contribution is -2.12. The quantitative estimate of drug-likeness (QED) is 0.749. The van der Waals surface area contributed by atoms with E-state index in [1.54, 1.807) is 18.5 Å². The second-order valence-electron chi connectivity index (χ2n) is 4.82. The Bertz CT molecular complexity index is 814. The molecule has 0 spiro atoms. The van der Waals surface area contributed by atoms with Gasteiger partial charge in [0.15, 0.2) is 0 Å². The van der Waals surface area contributed by atoms with Crippen molar-refractivity contribution in [1.29, 1.82) is 0 Å². The van der Waals surface area contributed by atoms with Crippen LogP contribution in [0.3, 0.4) is 0 Å². The number of amides is 1. The van der Waals surface area contributed by atoms with Gasteiger partial charge in [0, 0.05) is 28.1 Å². The Kier molecular flexibility index (Phi) is 4.02. The molecule has 6 heteroatoms. The molecular weight excluding hydrogens is 344 g/mol. The lowest BCUT2D eigenvalue weighted by molar-refractivity contribution is 0.102. The van der Waals surface area contributed by atoms with Crippen LogP contribution >= 0.6 is 15.9 Å². The van der Waals surface area contributed by atoms with E-state index >= 15 is 0 Å². The van der Waals surface area contributed by atoms with Gasteiger partial charge in [0.05, 0.1) is 5.69 Å². The highest BCUT2D eigenvalue weighted by Crippen LogP contribution is 2.21. The summed E-state index contributed by atoms with van der Waals surface area (Å²) in [5.41, 5.74) is 3.82. The monoisotopic (exact) mass is 356 g/mol. The summed E-state index contributed by atoms with van der Waals surface area (Å²) in [7, 11) is 0. The highest BCUT2D eigenvalue weighted by atomic mass is 79.9. The summed E-state index contributed by atoms with van der Waals surface area (Å²) in [6, 6.07) is 11.1. The average molecular weight is 357 g/mol. The first-order chi connectivity index (χ1) is 10.6.